The minimum Gasteiger partial charge on any atom is -0.340 e. The summed E-state index contributed by atoms with van der Waals surface area (Å²) in [5.74, 6) is -0.168. The van der Waals surface area contributed by atoms with Crippen LogP contribution in [-0.2, 0) is 31.3 Å². The van der Waals surface area contributed by atoms with Crippen LogP contribution < -0.4 is 5.14 Å². The minimum absolute atomic E-state index is 0.0189. The van der Waals surface area contributed by atoms with Gasteiger partial charge < -0.3 is 4.90 Å². The number of nitrogens with zero attached hydrogens (tertiary/aromatic N) is 2. The van der Waals surface area contributed by atoms with Crippen molar-refractivity contribution in [2.75, 3.05) is 26.2 Å². The van der Waals surface area contributed by atoms with Crippen molar-refractivity contribution in [1.82, 2.24) is 9.21 Å². The first-order chi connectivity index (χ1) is 14.3. The molecule has 11 heteroatoms. The van der Waals surface area contributed by atoms with Crippen LogP contribution in [0.1, 0.15) is 27.1 Å². The third-order valence-electron chi connectivity index (χ3n) is 5.73. The lowest BCUT2D eigenvalue weighted by atomic mass is 10.0. The normalized spacial score (nSPS) is 16.0. The summed E-state index contributed by atoms with van der Waals surface area (Å²) < 4.78 is 51.0. The van der Waals surface area contributed by atoms with Crippen LogP contribution in [-0.4, -0.2) is 58.1 Å². The molecule has 1 aromatic heterocycles. The Kier molecular flexibility index (Phi) is 6.64. The summed E-state index contributed by atoms with van der Waals surface area (Å²) in [5.41, 5.74) is 3.38. The molecule has 0 unspecified atom stereocenters. The molecule has 2 heterocycles. The van der Waals surface area contributed by atoms with E-state index in [-0.39, 0.29) is 42.7 Å². The Morgan fingerprint density at radius 2 is 1.52 bits per heavy atom. The molecule has 170 valence electrons. The van der Waals surface area contributed by atoms with E-state index in [1.165, 1.54) is 10.4 Å². The van der Waals surface area contributed by atoms with E-state index >= 15 is 0 Å². The average Bonchev–Trinajstić information content (AvgIpc) is 3.15. The summed E-state index contributed by atoms with van der Waals surface area (Å²) in [4.78, 5) is 15.2. The van der Waals surface area contributed by atoms with Gasteiger partial charge in [-0.1, -0.05) is 6.07 Å². The van der Waals surface area contributed by atoms with Gasteiger partial charge in [0.2, 0.25) is 26.0 Å². The maximum Gasteiger partial charge on any atom is 0.247 e. The lowest BCUT2D eigenvalue weighted by Crippen LogP contribution is -2.51. The van der Waals surface area contributed by atoms with Crippen molar-refractivity contribution in [2.45, 2.75) is 43.2 Å². The van der Waals surface area contributed by atoms with Crippen molar-refractivity contribution in [3.63, 3.8) is 0 Å². The fourth-order valence-corrected chi connectivity index (χ4v) is 7.51. The van der Waals surface area contributed by atoms with Crippen LogP contribution in [0.5, 0.6) is 0 Å². The van der Waals surface area contributed by atoms with Crippen molar-refractivity contribution in [3.05, 3.63) is 45.3 Å². The van der Waals surface area contributed by atoms with Crippen molar-refractivity contribution in [1.29, 1.82) is 0 Å². The molecule has 31 heavy (non-hydrogen) atoms. The molecule has 1 saturated heterocycles. The number of rotatable bonds is 5. The molecule has 1 amide bonds. The highest BCUT2D eigenvalue weighted by Crippen LogP contribution is 2.29. The summed E-state index contributed by atoms with van der Waals surface area (Å²) in [6, 6.07) is 4.96. The first kappa shape index (κ1) is 23.9. The van der Waals surface area contributed by atoms with E-state index in [2.05, 4.69) is 0 Å². The van der Waals surface area contributed by atoms with E-state index in [9.17, 15) is 21.6 Å². The predicted molar refractivity (Wildman–Crippen MR) is 120 cm³/mol. The monoisotopic (exact) mass is 485 g/mol. The molecule has 2 aromatic rings. The number of benzene rings is 1. The van der Waals surface area contributed by atoms with Gasteiger partial charge in [-0.2, -0.15) is 4.31 Å². The van der Waals surface area contributed by atoms with E-state index in [1.54, 1.807) is 11.0 Å². The largest absolute Gasteiger partial charge is 0.340 e. The zero-order chi connectivity index (χ0) is 23.1. The molecular weight excluding hydrogens is 458 g/mol. The number of carbonyl (C=O) groups is 1. The molecule has 1 aromatic carbocycles. The van der Waals surface area contributed by atoms with Crippen molar-refractivity contribution in [3.8, 4) is 0 Å². The van der Waals surface area contributed by atoms with Crippen molar-refractivity contribution < 1.29 is 21.6 Å². The molecule has 1 aliphatic heterocycles. The number of sulfonamides is 2. The maximum absolute atomic E-state index is 13.4. The number of hydrogen-bond donors (Lipinski definition) is 1. The molecule has 3 rings (SSSR count). The third-order valence-corrected chi connectivity index (χ3v) is 10.4. The summed E-state index contributed by atoms with van der Waals surface area (Å²) in [5, 5.41) is 5.11. The van der Waals surface area contributed by atoms with Gasteiger partial charge >= 0.3 is 0 Å². The first-order valence-electron chi connectivity index (χ1n) is 9.79. The highest BCUT2D eigenvalue weighted by Gasteiger charge is 2.33. The van der Waals surface area contributed by atoms with Gasteiger partial charge in [-0.15, -0.1) is 11.3 Å². The van der Waals surface area contributed by atoms with Crippen LogP contribution in [0, 0.1) is 27.7 Å². The van der Waals surface area contributed by atoms with E-state index in [0.29, 0.717) is 9.77 Å². The highest BCUT2D eigenvalue weighted by atomic mass is 32.2. The van der Waals surface area contributed by atoms with Crippen LogP contribution in [0.25, 0.3) is 0 Å². The number of carbonyl (C=O) groups excluding carboxylic acids is 1. The number of primary sulfonamides is 1. The van der Waals surface area contributed by atoms with Gasteiger partial charge in [0, 0.05) is 31.1 Å². The fraction of sp³-hybridized carbons (Fsp3) is 0.450. The summed E-state index contributed by atoms with van der Waals surface area (Å²) in [6.07, 6.45) is 0.0578. The van der Waals surface area contributed by atoms with Gasteiger partial charge in [-0.25, -0.2) is 22.0 Å². The molecule has 0 bridgehead atoms. The first-order valence-corrected chi connectivity index (χ1v) is 13.6. The summed E-state index contributed by atoms with van der Waals surface area (Å²) in [7, 11) is -7.46. The van der Waals surface area contributed by atoms with Gasteiger partial charge in [-0.3, -0.25) is 4.79 Å². The average molecular weight is 486 g/mol. The van der Waals surface area contributed by atoms with Crippen molar-refractivity contribution >= 4 is 37.3 Å². The Bertz CT molecular complexity index is 1200. The summed E-state index contributed by atoms with van der Waals surface area (Å²) in [6.45, 7) is 8.46. The second-order valence-corrected chi connectivity index (χ2v) is 12.6. The number of piperazine rings is 1. The molecule has 1 aliphatic rings. The quantitative estimate of drug-likeness (QED) is 0.692. The Labute approximate surface area is 187 Å². The second kappa shape index (κ2) is 8.62. The second-order valence-electron chi connectivity index (χ2n) is 7.82. The lowest BCUT2D eigenvalue weighted by molar-refractivity contribution is -0.131. The molecule has 1 fully saturated rings. The Morgan fingerprint density at radius 3 is 2.00 bits per heavy atom. The predicted octanol–water partition coefficient (Wildman–Crippen LogP) is 1.70. The van der Waals surface area contributed by atoms with E-state index in [0.717, 1.165) is 33.6 Å². The molecule has 0 spiro atoms. The van der Waals surface area contributed by atoms with E-state index in [1.807, 2.05) is 33.8 Å². The molecule has 0 atom stereocenters. The maximum atomic E-state index is 13.4. The van der Waals surface area contributed by atoms with Gasteiger partial charge in [0.1, 0.15) is 4.21 Å². The van der Waals surface area contributed by atoms with Crippen LogP contribution >= 0.6 is 11.3 Å². The van der Waals surface area contributed by atoms with Crippen LogP contribution in [0.4, 0.5) is 0 Å². The molecular formula is C20H27N3O5S3. The number of aryl methyl sites for hydroxylation is 2. The van der Waals surface area contributed by atoms with Crippen molar-refractivity contribution in [2.24, 2.45) is 5.14 Å². The van der Waals surface area contributed by atoms with E-state index < -0.39 is 20.0 Å². The Hall–Kier alpha value is -1.79. The molecule has 0 saturated carbocycles. The van der Waals surface area contributed by atoms with Crippen LogP contribution in [0.15, 0.2) is 27.3 Å². The zero-order valence-electron chi connectivity index (χ0n) is 18.0. The number of amides is 1. The van der Waals surface area contributed by atoms with Gasteiger partial charge in [-0.05, 0) is 62.1 Å². The van der Waals surface area contributed by atoms with Crippen LogP contribution in [0.3, 0.4) is 0 Å². The topological polar surface area (TPSA) is 118 Å². The number of hydrogen-bond acceptors (Lipinski definition) is 6. The zero-order valence-corrected chi connectivity index (χ0v) is 20.5. The SMILES string of the molecule is Cc1cc(C)c(C)c(S(=O)(=O)N2CCN(C(=O)Cc3ccc(S(N)(=O)=O)s3)CC2)c1C. The smallest absolute Gasteiger partial charge is 0.247 e. The van der Waals surface area contributed by atoms with Gasteiger partial charge in [0.25, 0.3) is 0 Å². The number of nitrogens with two attached hydrogens (primary N) is 1. The van der Waals surface area contributed by atoms with E-state index in [4.69, 9.17) is 5.14 Å². The van der Waals surface area contributed by atoms with Gasteiger partial charge in [0.15, 0.2) is 0 Å². The minimum atomic E-state index is -3.79. The number of thiophene rings is 1. The molecule has 2 N–H and O–H groups in total. The molecule has 0 radical (unpaired) electrons. The highest BCUT2D eigenvalue weighted by molar-refractivity contribution is 7.91. The molecule has 8 nitrogen and oxygen atoms in total. The summed E-state index contributed by atoms with van der Waals surface area (Å²) >= 11 is 0.973. The Balaban J connectivity index is 1.71. The van der Waals surface area contributed by atoms with Crippen LogP contribution in [0.2, 0.25) is 0 Å². The Morgan fingerprint density at radius 1 is 0.968 bits per heavy atom. The third kappa shape index (κ3) is 4.85. The van der Waals surface area contributed by atoms with Gasteiger partial charge in [0.05, 0.1) is 11.3 Å². The standard InChI is InChI=1S/C20H27N3O5S3/c1-13-11-14(2)16(4)20(15(13)3)31(27,28)23-9-7-22(8-10-23)18(24)12-17-5-6-19(29-17)30(21,25)26/h5-6,11H,7-10,12H2,1-4H3,(H2,21,25,26). The molecule has 0 aliphatic carbocycles. The fourth-order valence-electron chi connectivity index (χ4n) is 3.74. The lowest BCUT2D eigenvalue weighted by Gasteiger charge is -2.34.